The van der Waals surface area contributed by atoms with Crippen molar-refractivity contribution in [2.75, 3.05) is 7.11 Å². The highest BCUT2D eigenvalue weighted by molar-refractivity contribution is 6.04. The van der Waals surface area contributed by atoms with Crippen molar-refractivity contribution in [2.24, 2.45) is 0 Å². The molecule has 0 radical (unpaired) electrons. The van der Waals surface area contributed by atoms with E-state index in [2.05, 4.69) is 10.9 Å². The van der Waals surface area contributed by atoms with Crippen molar-refractivity contribution >= 4 is 17.8 Å². The first-order chi connectivity index (χ1) is 11.5. The van der Waals surface area contributed by atoms with Crippen LogP contribution < -0.4 is 15.6 Å². The monoisotopic (exact) mass is 328 g/mol. The van der Waals surface area contributed by atoms with Crippen molar-refractivity contribution in [3.05, 3.63) is 65.7 Å². The highest BCUT2D eigenvalue weighted by Crippen LogP contribution is 2.17. The Balaban J connectivity index is 2.08. The van der Waals surface area contributed by atoms with Gasteiger partial charge in [-0.3, -0.25) is 25.2 Å². The predicted octanol–water partition coefficient (Wildman–Crippen LogP) is 1.32. The van der Waals surface area contributed by atoms with Crippen LogP contribution in [0.3, 0.4) is 0 Å². The molecule has 0 saturated heterocycles. The number of hydrazine groups is 1. The van der Waals surface area contributed by atoms with Crippen LogP contribution in [0.2, 0.25) is 0 Å². The number of benzene rings is 2. The van der Waals surface area contributed by atoms with Gasteiger partial charge in [0, 0.05) is 0 Å². The molecular formula is C17H16N2O5. The number of methoxy groups -OCH3 is 1. The summed E-state index contributed by atoms with van der Waals surface area (Å²) in [7, 11) is 1.42. The lowest BCUT2D eigenvalue weighted by Gasteiger charge is -2.14. The van der Waals surface area contributed by atoms with Crippen LogP contribution in [0.25, 0.3) is 0 Å². The van der Waals surface area contributed by atoms with Gasteiger partial charge in [0.05, 0.1) is 12.7 Å². The molecule has 1 atom stereocenters. The molecule has 2 rings (SSSR count). The first kappa shape index (κ1) is 17.0. The third-order valence-electron chi connectivity index (χ3n) is 3.29. The maximum atomic E-state index is 12.1. The number of carboxylic acid groups (broad SMARTS) is 1. The first-order valence-corrected chi connectivity index (χ1v) is 7.05. The van der Waals surface area contributed by atoms with Crippen LogP contribution in [0.1, 0.15) is 21.8 Å². The molecule has 0 aromatic heterocycles. The van der Waals surface area contributed by atoms with Gasteiger partial charge in [-0.25, -0.2) is 0 Å². The lowest BCUT2D eigenvalue weighted by molar-refractivity contribution is -0.143. The van der Waals surface area contributed by atoms with Crippen LogP contribution >= 0.6 is 0 Å². The fraction of sp³-hybridized carbons (Fsp3) is 0.118. The van der Waals surface area contributed by atoms with Gasteiger partial charge >= 0.3 is 5.97 Å². The molecule has 3 N–H and O–H groups in total. The molecule has 7 nitrogen and oxygen atoms in total. The molecule has 2 amide bonds. The molecule has 0 aliphatic carbocycles. The number of rotatable bonds is 5. The second kappa shape index (κ2) is 7.77. The molecule has 2 aromatic rings. The number of hydrogen-bond donors (Lipinski definition) is 3. The summed E-state index contributed by atoms with van der Waals surface area (Å²) >= 11 is 0. The van der Waals surface area contributed by atoms with Crippen LogP contribution in [0.15, 0.2) is 54.6 Å². The number of amides is 2. The van der Waals surface area contributed by atoms with Crippen molar-refractivity contribution in [2.45, 2.75) is 5.92 Å². The average Bonchev–Trinajstić information content (AvgIpc) is 2.60. The minimum absolute atomic E-state index is 0.215. The number of hydrogen-bond acceptors (Lipinski definition) is 4. The zero-order valence-corrected chi connectivity index (χ0v) is 12.9. The summed E-state index contributed by atoms with van der Waals surface area (Å²) in [5.74, 6) is -3.87. The Morgan fingerprint density at radius 3 is 2.21 bits per heavy atom. The first-order valence-electron chi connectivity index (χ1n) is 7.05. The lowest BCUT2D eigenvalue weighted by atomic mass is 9.99. The van der Waals surface area contributed by atoms with Crippen molar-refractivity contribution in [1.82, 2.24) is 10.9 Å². The highest BCUT2D eigenvalue weighted by atomic mass is 16.5. The van der Waals surface area contributed by atoms with E-state index in [4.69, 9.17) is 4.74 Å². The van der Waals surface area contributed by atoms with Crippen molar-refractivity contribution < 1.29 is 24.2 Å². The van der Waals surface area contributed by atoms with E-state index in [1.165, 1.54) is 25.3 Å². The molecule has 0 heterocycles. The average molecular weight is 328 g/mol. The Morgan fingerprint density at radius 2 is 1.58 bits per heavy atom. The molecule has 24 heavy (non-hydrogen) atoms. The lowest BCUT2D eigenvalue weighted by Crippen LogP contribution is -2.45. The van der Waals surface area contributed by atoms with E-state index in [0.29, 0.717) is 11.3 Å². The summed E-state index contributed by atoms with van der Waals surface area (Å²) in [6.07, 6.45) is 0. The molecule has 124 valence electrons. The number of nitrogens with one attached hydrogen (secondary N) is 2. The highest BCUT2D eigenvalue weighted by Gasteiger charge is 2.28. The van der Waals surface area contributed by atoms with Gasteiger partial charge < -0.3 is 9.84 Å². The Bertz CT molecular complexity index is 746. The van der Waals surface area contributed by atoms with Gasteiger partial charge in [-0.1, -0.05) is 42.5 Å². The van der Waals surface area contributed by atoms with E-state index in [0.717, 1.165) is 0 Å². The van der Waals surface area contributed by atoms with Crippen molar-refractivity contribution in [3.8, 4) is 5.75 Å². The van der Waals surface area contributed by atoms with Gasteiger partial charge in [-0.05, 0) is 17.7 Å². The van der Waals surface area contributed by atoms with Crippen LogP contribution in [0.4, 0.5) is 0 Å². The second-order valence-electron chi connectivity index (χ2n) is 4.83. The fourth-order valence-electron chi connectivity index (χ4n) is 2.14. The Morgan fingerprint density at radius 1 is 0.958 bits per heavy atom. The van der Waals surface area contributed by atoms with E-state index in [1.807, 2.05) is 0 Å². The zero-order valence-electron chi connectivity index (χ0n) is 12.9. The summed E-state index contributed by atoms with van der Waals surface area (Å²) in [5.41, 5.74) is 4.86. The summed E-state index contributed by atoms with van der Waals surface area (Å²) in [5, 5.41) is 9.27. The molecular weight excluding hydrogens is 312 g/mol. The predicted molar refractivity (Wildman–Crippen MR) is 85.4 cm³/mol. The third-order valence-corrected chi connectivity index (χ3v) is 3.29. The number of carbonyl (C=O) groups is 3. The van der Waals surface area contributed by atoms with Crippen LogP contribution in [0.5, 0.6) is 5.75 Å². The summed E-state index contributed by atoms with van der Waals surface area (Å²) in [6.45, 7) is 0. The molecule has 0 saturated carbocycles. The van der Waals surface area contributed by atoms with E-state index in [9.17, 15) is 19.5 Å². The number of carbonyl (C=O) groups excluding carboxylic acids is 2. The Labute approximate surface area is 138 Å². The van der Waals surface area contributed by atoms with Crippen LogP contribution in [0, 0.1) is 0 Å². The summed E-state index contributed by atoms with van der Waals surface area (Å²) < 4.78 is 5.06. The Hall–Kier alpha value is -3.35. The fourth-order valence-corrected chi connectivity index (χ4v) is 2.14. The van der Waals surface area contributed by atoms with E-state index in [-0.39, 0.29) is 5.56 Å². The van der Waals surface area contributed by atoms with Crippen LogP contribution in [-0.2, 0) is 9.59 Å². The summed E-state index contributed by atoms with van der Waals surface area (Å²) in [6, 6.07) is 14.5. The SMILES string of the molecule is COc1ccccc1C(=O)NNC(=O)C(C(=O)O)c1ccccc1. The van der Waals surface area contributed by atoms with Gasteiger partial charge in [-0.2, -0.15) is 0 Å². The molecule has 1 unspecified atom stereocenters. The number of ether oxygens (including phenoxy) is 1. The maximum Gasteiger partial charge on any atom is 0.320 e. The topological polar surface area (TPSA) is 105 Å². The minimum Gasteiger partial charge on any atom is -0.496 e. The van der Waals surface area contributed by atoms with E-state index >= 15 is 0 Å². The Kier molecular flexibility index (Phi) is 5.51. The van der Waals surface area contributed by atoms with E-state index in [1.54, 1.807) is 36.4 Å². The maximum absolute atomic E-state index is 12.1. The number of para-hydroxylation sites is 1. The molecule has 0 bridgehead atoms. The van der Waals surface area contributed by atoms with Gasteiger partial charge in [0.15, 0.2) is 5.92 Å². The van der Waals surface area contributed by atoms with E-state index < -0.39 is 23.7 Å². The molecule has 2 aromatic carbocycles. The van der Waals surface area contributed by atoms with Gasteiger partial charge in [0.2, 0.25) is 0 Å². The van der Waals surface area contributed by atoms with Gasteiger partial charge in [0.25, 0.3) is 11.8 Å². The van der Waals surface area contributed by atoms with Crippen LogP contribution in [-0.4, -0.2) is 30.0 Å². The van der Waals surface area contributed by atoms with Gasteiger partial charge in [-0.15, -0.1) is 0 Å². The molecule has 7 heteroatoms. The third kappa shape index (κ3) is 3.89. The molecule has 0 aliphatic heterocycles. The number of aliphatic carboxylic acids is 1. The zero-order chi connectivity index (χ0) is 17.5. The van der Waals surface area contributed by atoms with Gasteiger partial charge in [0.1, 0.15) is 5.75 Å². The van der Waals surface area contributed by atoms with Crippen molar-refractivity contribution in [3.63, 3.8) is 0 Å². The molecule has 0 aliphatic rings. The van der Waals surface area contributed by atoms with Crippen molar-refractivity contribution in [1.29, 1.82) is 0 Å². The largest absolute Gasteiger partial charge is 0.496 e. The quantitative estimate of drug-likeness (QED) is 0.567. The summed E-state index contributed by atoms with van der Waals surface area (Å²) in [4.78, 5) is 35.6. The molecule has 0 spiro atoms. The second-order valence-corrected chi connectivity index (χ2v) is 4.83. The normalized spacial score (nSPS) is 11.2. The smallest absolute Gasteiger partial charge is 0.320 e. The standard InChI is InChI=1S/C17H16N2O5/c1-24-13-10-6-5-9-12(13)15(20)18-19-16(21)14(17(22)23)11-7-3-2-4-8-11/h2-10,14H,1H3,(H,18,20)(H,19,21)(H,22,23). The number of carboxylic acids is 1. The molecule has 0 fully saturated rings. The minimum atomic E-state index is -1.43.